The fourth-order valence-corrected chi connectivity index (χ4v) is 4.27. The van der Waals surface area contributed by atoms with Crippen molar-refractivity contribution in [3.05, 3.63) is 10.6 Å². The summed E-state index contributed by atoms with van der Waals surface area (Å²) in [4.78, 5) is 15.4. The predicted octanol–water partition coefficient (Wildman–Crippen LogP) is 2.16. The van der Waals surface area contributed by atoms with Gasteiger partial charge in [-0.05, 0) is 26.2 Å². The molecule has 6 heteroatoms. The van der Waals surface area contributed by atoms with E-state index < -0.39 is 5.97 Å². The third-order valence-electron chi connectivity index (χ3n) is 2.64. The highest BCUT2D eigenvalue weighted by molar-refractivity contribution is 8.01. The second kappa shape index (κ2) is 4.73. The van der Waals surface area contributed by atoms with Gasteiger partial charge in [0.1, 0.15) is 4.88 Å². The summed E-state index contributed by atoms with van der Waals surface area (Å²) in [5, 5.41) is 18.8. The molecule has 88 valence electrons. The molecule has 0 radical (unpaired) electrons. The van der Waals surface area contributed by atoms with Crippen molar-refractivity contribution in [2.75, 3.05) is 0 Å². The van der Waals surface area contributed by atoms with Crippen LogP contribution in [0.25, 0.3) is 0 Å². The van der Waals surface area contributed by atoms with Crippen molar-refractivity contribution in [1.29, 1.82) is 0 Å². The van der Waals surface area contributed by atoms with Gasteiger partial charge in [-0.25, -0.2) is 9.78 Å². The zero-order chi connectivity index (χ0) is 11.7. The maximum absolute atomic E-state index is 10.8. The molecule has 1 heterocycles. The first-order valence-corrected chi connectivity index (χ1v) is 6.83. The lowest BCUT2D eigenvalue weighted by molar-refractivity contribution is 0.0701. The molecule has 0 saturated heterocycles. The summed E-state index contributed by atoms with van der Waals surface area (Å²) in [7, 11) is 0. The van der Waals surface area contributed by atoms with E-state index in [1.54, 1.807) is 6.92 Å². The number of thioether (sulfide) groups is 1. The number of carboxylic acids is 1. The number of aliphatic hydroxyl groups is 1. The van der Waals surface area contributed by atoms with E-state index in [2.05, 4.69) is 4.98 Å². The van der Waals surface area contributed by atoms with Crippen molar-refractivity contribution < 1.29 is 15.0 Å². The number of carboxylic acid groups (broad SMARTS) is 1. The lowest BCUT2D eigenvalue weighted by Gasteiger charge is -2.10. The molecular weight excluding hydrogens is 246 g/mol. The molecule has 2 rings (SSSR count). The van der Waals surface area contributed by atoms with Crippen LogP contribution in [0.1, 0.15) is 34.6 Å². The third kappa shape index (κ3) is 2.39. The van der Waals surface area contributed by atoms with Crippen molar-refractivity contribution in [2.24, 2.45) is 0 Å². The molecule has 2 unspecified atom stereocenters. The normalized spacial score (nSPS) is 24.9. The summed E-state index contributed by atoms with van der Waals surface area (Å²) >= 11 is 2.70. The lowest BCUT2D eigenvalue weighted by Crippen LogP contribution is -2.14. The summed E-state index contributed by atoms with van der Waals surface area (Å²) in [6.07, 6.45) is 2.58. The van der Waals surface area contributed by atoms with E-state index in [4.69, 9.17) is 5.11 Å². The average Bonchev–Trinajstić information content (AvgIpc) is 2.75. The first-order chi connectivity index (χ1) is 7.58. The van der Waals surface area contributed by atoms with Crippen molar-refractivity contribution in [1.82, 2.24) is 4.98 Å². The number of aromatic carboxylic acids is 1. The Morgan fingerprint density at radius 2 is 2.31 bits per heavy atom. The van der Waals surface area contributed by atoms with E-state index in [-0.39, 0.29) is 11.4 Å². The van der Waals surface area contributed by atoms with Gasteiger partial charge in [-0.15, -0.1) is 11.3 Å². The topological polar surface area (TPSA) is 70.4 Å². The number of hydrogen-bond acceptors (Lipinski definition) is 5. The van der Waals surface area contributed by atoms with E-state index in [0.717, 1.165) is 23.6 Å². The monoisotopic (exact) mass is 259 g/mol. The van der Waals surface area contributed by atoms with Crippen molar-refractivity contribution >= 4 is 29.1 Å². The quantitative estimate of drug-likeness (QED) is 0.870. The zero-order valence-electron chi connectivity index (χ0n) is 8.84. The minimum absolute atomic E-state index is 0.173. The Labute approximate surface area is 102 Å². The molecule has 0 amide bonds. The molecule has 16 heavy (non-hydrogen) atoms. The fraction of sp³-hybridized carbons (Fsp3) is 0.600. The molecule has 0 bridgehead atoms. The number of thiazole rings is 1. The maximum atomic E-state index is 10.8. The van der Waals surface area contributed by atoms with Crippen LogP contribution in [0.3, 0.4) is 0 Å². The molecule has 1 fully saturated rings. The van der Waals surface area contributed by atoms with Gasteiger partial charge >= 0.3 is 5.97 Å². The average molecular weight is 259 g/mol. The van der Waals surface area contributed by atoms with Crippen LogP contribution >= 0.6 is 23.1 Å². The van der Waals surface area contributed by atoms with Crippen LogP contribution in [0.5, 0.6) is 0 Å². The molecular formula is C10H13NO3S2. The van der Waals surface area contributed by atoms with Gasteiger partial charge in [0.15, 0.2) is 4.34 Å². The second-order valence-corrected chi connectivity index (χ2v) is 6.34. The van der Waals surface area contributed by atoms with Crippen LogP contribution < -0.4 is 0 Å². The predicted molar refractivity (Wildman–Crippen MR) is 63.3 cm³/mol. The summed E-state index contributed by atoms with van der Waals surface area (Å²) in [6.45, 7) is 1.70. The Bertz CT molecular complexity index is 405. The van der Waals surface area contributed by atoms with Crippen LogP contribution in [0.4, 0.5) is 0 Å². The number of rotatable bonds is 3. The Morgan fingerprint density at radius 3 is 2.81 bits per heavy atom. The number of nitrogens with zero attached hydrogens (tertiary/aromatic N) is 1. The molecule has 0 spiro atoms. The van der Waals surface area contributed by atoms with Gasteiger partial charge in [0.05, 0.1) is 11.8 Å². The molecule has 0 aliphatic heterocycles. The van der Waals surface area contributed by atoms with E-state index in [1.807, 2.05) is 0 Å². The number of hydrogen-bond donors (Lipinski definition) is 2. The number of aromatic nitrogens is 1. The maximum Gasteiger partial charge on any atom is 0.347 e. The van der Waals surface area contributed by atoms with E-state index in [9.17, 15) is 9.90 Å². The smallest absolute Gasteiger partial charge is 0.347 e. The summed E-state index contributed by atoms with van der Waals surface area (Å²) in [5.41, 5.74) is 0.562. The molecule has 0 aromatic carbocycles. The number of aliphatic hydroxyl groups excluding tert-OH is 1. The first-order valence-electron chi connectivity index (χ1n) is 5.13. The fourth-order valence-electron chi connectivity index (χ4n) is 1.79. The van der Waals surface area contributed by atoms with Gasteiger partial charge in [0.25, 0.3) is 0 Å². The molecule has 1 saturated carbocycles. The Hall–Kier alpha value is -0.590. The van der Waals surface area contributed by atoms with Crippen LogP contribution in [0, 0.1) is 6.92 Å². The standard InChI is InChI=1S/C10H13NO3S2/c1-5-8(9(13)14)16-10(11-5)15-7-4-2-3-6(7)12/h6-7,12H,2-4H2,1H3,(H,13,14). The van der Waals surface area contributed by atoms with E-state index in [1.165, 1.54) is 23.1 Å². The van der Waals surface area contributed by atoms with Gasteiger partial charge in [0.2, 0.25) is 0 Å². The highest BCUT2D eigenvalue weighted by Crippen LogP contribution is 2.37. The zero-order valence-corrected chi connectivity index (χ0v) is 10.5. The minimum atomic E-state index is -0.922. The van der Waals surface area contributed by atoms with Crippen molar-refractivity contribution in [3.8, 4) is 0 Å². The van der Waals surface area contributed by atoms with Crippen molar-refractivity contribution in [2.45, 2.75) is 41.9 Å². The Morgan fingerprint density at radius 1 is 1.56 bits per heavy atom. The molecule has 1 aliphatic carbocycles. The summed E-state index contributed by atoms with van der Waals surface area (Å²) in [5.74, 6) is -0.922. The molecule has 1 aromatic rings. The number of aryl methyl sites for hydroxylation is 1. The largest absolute Gasteiger partial charge is 0.477 e. The van der Waals surface area contributed by atoms with Crippen molar-refractivity contribution in [3.63, 3.8) is 0 Å². The minimum Gasteiger partial charge on any atom is -0.477 e. The molecule has 1 aliphatic rings. The van der Waals surface area contributed by atoms with Gasteiger partial charge in [-0.1, -0.05) is 11.8 Å². The molecule has 4 nitrogen and oxygen atoms in total. The van der Waals surface area contributed by atoms with Gasteiger partial charge in [-0.2, -0.15) is 0 Å². The van der Waals surface area contributed by atoms with Gasteiger partial charge in [-0.3, -0.25) is 0 Å². The highest BCUT2D eigenvalue weighted by atomic mass is 32.2. The third-order valence-corrected chi connectivity index (χ3v) is 5.27. The van der Waals surface area contributed by atoms with Crippen LogP contribution in [-0.2, 0) is 0 Å². The Balaban J connectivity index is 2.10. The summed E-state index contributed by atoms with van der Waals surface area (Å²) < 4.78 is 0.751. The van der Waals surface area contributed by atoms with E-state index >= 15 is 0 Å². The van der Waals surface area contributed by atoms with Crippen LogP contribution in [0.2, 0.25) is 0 Å². The number of carbonyl (C=O) groups is 1. The summed E-state index contributed by atoms with van der Waals surface area (Å²) in [6, 6.07) is 0. The van der Waals surface area contributed by atoms with Gasteiger partial charge < -0.3 is 10.2 Å². The lowest BCUT2D eigenvalue weighted by atomic mass is 10.3. The molecule has 1 aromatic heterocycles. The SMILES string of the molecule is Cc1nc(SC2CCCC2O)sc1C(=O)O. The van der Waals surface area contributed by atoms with E-state index in [0.29, 0.717) is 10.6 Å². The molecule has 2 N–H and O–H groups in total. The Kier molecular flexibility index (Phi) is 3.51. The highest BCUT2D eigenvalue weighted by Gasteiger charge is 2.27. The van der Waals surface area contributed by atoms with Crippen LogP contribution in [0.15, 0.2) is 4.34 Å². The first kappa shape index (κ1) is 11.9. The van der Waals surface area contributed by atoms with Gasteiger partial charge in [0, 0.05) is 5.25 Å². The second-order valence-electron chi connectivity index (χ2n) is 3.85. The molecule has 2 atom stereocenters. The van der Waals surface area contributed by atoms with Crippen LogP contribution in [-0.4, -0.2) is 32.5 Å².